The lowest BCUT2D eigenvalue weighted by Gasteiger charge is -2.24. The molecule has 1 N–H and O–H groups in total. The van der Waals surface area contributed by atoms with Crippen LogP contribution < -0.4 is 0 Å². The van der Waals surface area contributed by atoms with E-state index in [4.69, 9.17) is 0 Å². The van der Waals surface area contributed by atoms with Crippen LogP contribution in [0.25, 0.3) is 0 Å². The van der Waals surface area contributed by atoms with Gasteiger partial charge in [0, 0.05) is 0 Å². The van der Waals surface area contributed by atoms with Crippen molar-refractivity contribution in [3.05, 3.63) is 24.3 Å². The zero-order chi connectivity index (χ0) is 12.8. The first-order valence-corrected chi connectivity index (χ1v) is 6.33. The van der Waals surface area contributed by atoms with Gasteiger partial charge in [0.15, 0.2) is 0 Å². The maximum Gasteiger partial charge on any atom is 0.0825 e. The minimum atomic E-state index is -0.630. The molecule has 0 aliphatic rings. The van der Waals surface area contributed by atoms with Crippen molar-refractivity contribution in [1.82, 2.24) is 0 Å². The Balaban J connectivity index is 4.34. The Morgan fingerprint density at radius 3 is 1.94 bits per heavy atom. The summed E-state index contributed by atoms with van der Waals surface area (Å²) in [7, 11) is 0. The van der Waals surface area contributed by atoms with Gasteiger partial charge in [0.2, 0.25) is 0 Å². The van der Waals surface area contributed by atoms with Gasteiger partial charge >= 0.3 is 0 Å². The molecule has 0 saturated carbocycles. The van der Waals surface area contributed by atoms with Gasteiger partial charge in [-0.25, -0.2) is 0 Å². The molecule has 0 aromatic rings. The zero-order valence-electron chi connectivity index (χ0n) is 11.7. The minimum Gasteiger partial charge on any atom is -0.386 e. The molecule has 0 radical (unpaired) electrons. The molecule has 0 aromatic carbocycles. The SMILES string of the molecule is CCC(O)(/C=C/C=C/C(C)C(C)(C)C)CC. The summed E-state index contributed by atoms with van der Waals surface area (Å²) in [5, 5.41) is 10.0. The Labute approximate surface area is 101 Å². The van der Waals surface area contributed by atoms with E-state index in [9.17, 15) is 5.11 Å². The van der Waals surface area contributed by atoms with Crippen LogP contribution in [0, 0.1) is 11.3 Å². The smallest absolute Gasteiger partial charge is 0.0825 e. The minimum absolute atomic E-state index is 0.302. The van der Waals surface area contributed by atoms with E-state index >= 15 is 0 Å². The fourth-order valence-corrected chi connectivity index (χ4v) is 1.24. The Morgan fingerprint density at radius 2 is 1.56 bits per heavy atom. The molecule has 16 heavy (non-hydrogen) atoms. The predicted molar refractivity (Wildman–Crippen MR) is 72.4 cm³/mol. The van der Waals surface area contributed by atoms with Crippen LogP contribution in [0.15, 0.2) is 24.3 Å². The van der Waals surface area contributed by atoms with Crippen molar-refractivity contribution in [3.63, 3.8) is 0 Å². The average molecular weight is 224 g/mol. The molecule has 0 rings (SSSR count). The normalized spacial score (nSPS) is 16.2. The molecule has 0 aliphatic carbocycles. The predicted octanol–water partition coefficient (Wildman–Crippen LogP) is 4.33. The maximum atomic E-state index is 10.0. The number of allylic oxidation sites excluding steroid dienone is 3. The molecule has 1 atom stereocenters. The first-order valence-electron chi connectivity index (χ1n) is 6.33. The average Bonchev–Trinajstić information content (AvgIpc) is 2.22. The molecule has 1 unspecified atom stereocenters. The summed E-state index contributed by atoms with van der Waals surface area (Å²) >= 11 is 0. The molecule has 94 valence electrons. The summed E-state index contributed by atoms with van der Waals surface area (Å²) in [6.45, 7) is 12.9. The molecule has 0 spiro atoms. The summed E-state index contributed by atoms with van der Waals surface area (Å²) in [4.78, 5) is 0. The molecule has 0 aromatic heterocycles. The van der Waals surface area contributed by atoms with Gasteiger partial charge in [0.1, 0.15) is 0 Å². The van der Waals surface area contributed by atoms with E-state index in [0.29, 0.717) is 11.3 Å². The third kappa shape index (κ3) is 5.50. The molecule has 0 aliphatic heterocycles. The zero-order valence-corrected chi connectivity index (χ0v) is 11.7. The van der Waals surface area contributed by atoms with E-state index in [1.165, 1.54) is 0 Å². The molecule has 1 heteroatoms. The van der Waals surface area contributed by atoms with E-state index in [-0.39, 0.29) is 0 Å². The fraction of sp³-hybridized carbons (Fsp3) is 0.733. The first-order chi connectivity index (χ1) is 7.25. The number of rotatable bonds is 5. The van der Waals surface area contributed by atoms with E-state index in [0.717, 1.165) is 12.8 Å². The third-order valence-electron chi connectivity index (χ3n) is 3.51. The van der Waals surface area contributed by atoms with Crippen molar-refractivity contribution >= 4 is 0 Å². The highest BCUT2D eigenvalue weighted by Crippen LogP contribution is 2.26. The van der Waals surface area contributed by atoms with Crippen molar-refractivity contribution in [2.75, 3.05) is 0 Å². The third-order valence-corrected chi connectivity index (χ3v) is 3.51. The second-order valence-corrected chi connectivity index (χ2v) is 5.71. The Bertz CT molecular complexity index is 239. The van der Waals surface area contributed by atoms with Crippen molar-refractivity contribution in [3.8, 4) is 0 Å². The van der Waals surface area contributed by atoms with Crippen molar-refractivity contribution in [2.45, 2.75) is 60.0 Å². The Kier molecular flexibility index (Phi) is 6.02. The van der Waals surface area contributed by atoms with Crippen molar-refractivity contribution in [2.24, 2.45) is 11.3 Å². The summed E-state index contributed by atoms with van der Waals surface area (Å²) in [6.07, 6.45) is 9.65. The highest BCUT2D eigenvalue weighted by atomic mass is 16.3. The van der Waals surface area contributed by atoms with Crippen molar-refractivity contribution < 1.29 is 5.11 Å². The van der Waals surface area contributed by atoms with Gasteiger partial charge in [-0.2, -0.15) is 0 Å². The van der Waals surface area contributed by atoms with E-state index in [1.807, 2.05) is 32.1 Å². The van der Waals surface area contributed by atoms with E-state index < -0.39 is 5.60 Å². The number of hydrogen-bond acceptors (Lipinski definition) is 1. The van der Waals surface area contributed by atoms with Crippen LogP contribution >= 0.6 is 0 Å². The van der Waals surface area contributed by atoms with Crippen molar-refractivity contribution in [1.29, 1.82) is 0 Å². The monoisotopic (exact) mass is 224 g/mol. The lowest BCUT2D eigenvalue weighted by molar-refractivity contribution is 0.0828. The quantitative estimate of drug-likeness (QED) is 0.689. The summed E-state index contributed by atoms with van der Waals surface area (Å²) in [5.74, 6) is 0.536. The molecule has 1 nitrogen and oxygen atoms in total. The summed E-state index contributed by atoms with van der Waals surface area (Å²) < 4.78 is 0. The van der Waals surface area contributed by atoms with Crippen LogP contribution in [-0.4, -0.2) is 10.7 Å². The number of hydrogen-bond donors (Lipinski definition) is 1. The highest BCUT2D eigenvalue weighted by Gasteiger charge is 2.18. The number of aliphatic hydroxyl groups is 1. The molecular formula is C15H28O. The fourth-order valence-electron chi connectivity index (χ4n) is 1.24. The van der Waals surface area contributed by atoms with Crippen LogP contribution in [-0.2, 0) is 0 Å². The second-order valence-electron chi connectivity index (χ2n) is 5.71. The van der Waals surface area contributed by atoms with Crippen LogP contribution in [0.5, 0.6) is 0 Å². The van der Waals surface area contributed by atoms with E-state index in [2.05, 4.69) is 33.8 Å². The van der Waals surface area contributed by atoms with E-state index in [1.54, 1.807) is 0 Å². The van der Waals surface area contributed by atoms with Gasteiger partial charge < -0.3 is 5.11 Å². The highest BCUT2D eigenvalue weighted by molar-refractivity contribution is 5.11. The molecule has 0 saturated heterocycles. The van der Waals surface area contributed by atoms with Gasteiger partial charge in [-0.3, -0.25) is 0 Å². The molecule has 0 amide bonds. The van der Waals surface area contributed by atoms with Gasteiger partial charge in [-0.05, 0) is 24.2 Å². The molecule has 0 fully saturated rings. The topological polar surface area (TPSA) is 20.2 Å². The van der Waals surface area contributed by atoms with Gasteiger partial charge in [0.05, 0.1) is 5.60 Å². The largest absolute Gasteiger partial charge is 0.386 e. The van der Waals surface area contributed by atoms with Gasteiger partial charge in [0.25, 0.3) is 0 Å². The second kappa shape index (κ2) is 6.24. The standard InChI is InChI=1S/C15H28O/c1-7-15(16,8-2)12-10-9-11-13(3)14(4,5)6/h9-13,16H,7-8H2,1-6H3/b11-9+,12-10+. The van der Waals surface area contributed by atoms with Gasteiger partial charge in [-0.15, -0.1) is 0 Å². The summed E-state index contributed by atoms with van der Waals surface area (Å²) in [6, 6.07) is 0. The van der Waals surface area contributed by atoms with Crippen LogP contribution in [0.1, 0.15) is 54.4 Å². The van der Waals surface area contributed by atoms with Crippen LogP contribution in [0.2, 0.25) is 0 Å². The van der Waals surface area contributed by atoms with Gasteiger partial charge in [-0.1, -0.05) is 65.8 Å². The lowest BCUT2D eigenvalue weighted by atomic mass is 9.82. The maximum absolute atomic E-state index is 10.0. The van der Waals surface area contributed by atoms with Crippen LogP contribution in [0.4, 0.5) is 0 Å². The summed E-state index contributed by atoms with van der Waals surface area (Å²) in [5.41, 5.74) is -0.328. The lowest BCUT2D eigenvalue weighted by Crippen LogP contribution is -2.22. The molecular weight excluding hydrogens is 196 g/mol. The molecule has 0 heterocycles. The first kappa shape index (κ1) is 15.4. The Hall–Kier alpha value is -0.560. The molecule has 0 bridgehead atoms. The Morgan fingerprint density at radius 1 is 1.06 bits per heavy atom. The van der Waals surface area contributed by atoms with Crippen LogP contribution in [0.3, 0.4) is 0 Å².